The Morgan fingerprint density at radius 3 is 2.58 bits per heavy atom. The first kappa shape index (κ1) is 18.8. The van der Waals surface area contributed by atoms with Crippen molar-refractivity contribution in [1.29, 1.82) is 0 Å². The molecular formula is C20H27FN2O3. The van der Waals surface area contributed by atoms with E-state index in [1.165, 1.54) is 12.1 Å². The molecule has 0 bridgehead atoms. The molecule has 6 heteroatoms. The normalized spacial score (nSPS) is 23.8. The number of likely N-dealkylation sites (tertiary alicyclic amines) is 1. The van der Waals surface area contributed by atoms with Crippen molar-refractivity contribution in [3.05, 3.63) is 30.1 Å². The van der Waals surface area contributed by atoms with E-state index in [2.05, 4.69) is 0 Å². The topological polar surface area (TPSA) is 49.9 Å². The van der Waals surface area contributed by atoms with Gasteiger partial charge in [0.15, 0.2) is 0 Å². The van der Waals surface area contributed by atoms with Crippen LogP contribution in [0.25, 0.3) is 0 Å². The Bertz CT molecular complexity index is 660. The predicted octanol–water partition coefficient (Wildman–Crippen LogP) is 2.99. The van der Waals surface area contributed by atoms with Crippen molar-refractivity contribution in [2.24, 2.45) is 5.92 Å². The summed E-state index contributed by atoms with van der Waals surface area (Å²) < 4.78 is 19.2. The molecule has 1 aromatic carbocycles. The first-order chi connectivity index (χ1) is 12.5. The van der Waals surface area contributed by atoms with Crippen molar-refractivity contribution in [2.75, 3.05) is 31.1 Å². The van der Waals surface area contributed by atoms with E-state index in [1.807, 2.05) is 18.7 Å². The summed E-state index contributed by atoms with van der Waals surface area (Å²) in [5.41, 5.74) is 0.130. The second-order valence-electron chi connectivity index (χ2n) is 7.30. The van der Waals surface area contributed by atoms with Crippen molar-refractivity contribution < 1.29 is 18.7 Å². The molecule has 2 amide bonds. The number of anilines is 1. The Morgan fingerprint density at radius 1 is 1.23 bits per heavy atom. The molecule has 2 heterocycles. The molecule has 0 saturated carbocycles. The molecule has 2 fully saturated rings. The molecular weight excluding hydrogens is 335 g/mol. The number of halogens is 1. The number of carbonyl (C=O) groups excluding carboxylic acids is 2. The van der Waals surface area contributed by atoms with Crippen LogP contribution in [0.3, 0.4) is 0 Å². The molecule has 5 nitrogen and oxygen atoms in total. The molecule has 0 aromatic heterocycles. The number of hydrogen-bond acceptors (Lipinski definition) is 3. The number of carbonyl (C=O) groups is 2. The predicted molar refractivity (Wildman–Crippen MR) is 97.3 cm³/mol. The fraction of sp³-hybridized carbons (Fsp3) is 0.600. The maximum absolute atomic E-state index is 13.2. The Kier molecular flexibility index (Phi) is 5.61. The third-order valence-corrected chi connectivity index (χ3v) is 5.57. The van der Waals surface area contributed by atoms with Gasteiger partial charge in [0.1, 0.15) is 18.0 Å². The van der Waals surface area contributed by atoms with Gasteiger partial charge in [0, 0.05) is 18.2 Å². The van der Waals surface area contributed by atoms with Gasteiger partial charge in [-0.3, -0.25) is 9.59 Å². The van der Waals surface area contributed by atoms with Crippen molar-refractivity contribution in [2.45, 2.75) is 45.1 Å². The average molecular weight is 362 g/mol. The Labute approximate surface area is 154 Å². The van der Waals surface area contributed by atoms with Crippen LogP contribution in [0.1, 0.15) is 39.5 Å². The van der Waals surface area contributed by atoms with Gasteiger partial charge in [0.05, 0.1) is 13.1 Å². The SMILES string of the molecule is CCC(CC)C(=O)N1CCCC2(C1)CN(c1ccc(F)cc1)C(=O)CO2. The lowest BCUT2D eigenvalue weighted by Crippen LogP contribution is -2.62. The lowest BCUT2D eigenvalue weighted by Gasteiger charge is -2.48. The Hall–Kier alpha value is -1.95. The van der Waals surface area contributed by atoms with Gasteiger partial charge in [-0.2, -0.15) is 0 Å². The fourth-order valence-corrected chi connectivity index (χ4v) is 4.00. The molecule has 3 rings (SSSR count). The molecule has 0 radical (unpaired) electrons. The van der Waals surface area contributed by atoms with E-state index in [0.29, 0.717) is 18.8 Å². The third kappa shape index (κ3) is 3.75. The molecule has 0 aliphatic carbocycles. The molecule has 142 valence electrons. The molecule has 0 N–H and O–H groups in total. The third-order valence-electron chi connectivity index (χ3n) is 5.57. The number of rotatable bonds is 4. The molecule has 1 aromatic rings. The number of morpholine rings is 1. The molecule has 1 spiro atoms. The van der Waals surface area contributed by atoms with Gasteiger partial charge in [0.25, 0.3) is 5.91 Å². The van der Waals surface area contributed by atoms with Crippen molar-refractivity contribution in [3.63, 3.8) is 0 Å². The number of piperidine rings is 1. The van der Waals surface area contributed by atoms with E-state index >= 15 is 0 Å². The van der Waals surface area contributed by atoms with Gasteiger partial charge in [-0.15, -0.1) is 0 Å². The number of ether oxygens (including phenoxy) is 1. The minimum absolute atomic E-state index is 0.00953. The summed E-state index contributed by atoms with van der Waals surface area (Å²) in [5.74, 6) is -0.235. The molecule has 2 aliphatic heterocycles. The van der Waals surface area contributed by atoms with Crippen LogP contribution in [0.4, 0.5) is 10.1 Å². The molecule has 2 aliphatic rings. The van der Waals surface area contributed by atoms with Crippen LogP contribution >= 0.6 is 0 Å². The second kappa shape index (κ2) is 7.74. The maximum atomic E-state index is 13.2. The maximum Gasteiger partial charge on any atom is 0.253 e. The highest BCUT2D eigenvalue weighted by Crippen LogP contribution is 2.32. The van der Waals surface area contributed by atoms with Crippen LogP contribution < -0.4 is 4.90 Å². The van der Waals surface area contributed by atoms with Crippen LogP contribution in [0.2, 0.25) is 0 Å². The minimum atomic E-state index is -0.539. The summed E-state index contributed by atoms with van der Waals surface area (Å²) in [6.45, 7) is 5.71. The molecule has 26 heavy (non-hydrogen) atoms. The first-order valence-electron chi connectivity index (χ1n) is 9.46. The van der Waals surface area contributed by atoms with E-state index in [-0.39, 0.29) is 30.2 Å². The molecule has 2 saturated heterocycles. The zero-order valence-electron chi connectivity index (χ0n) is 15.5. The van der Waals surface area contributed by atoms with Crippen molar-refractivity contribution in [3.8, 4) is 0 Å². The highest BCUT2D eigenvalue weighted by molar-refractivity contribution is 5.95. The summed E-state index contributed by atoms with van der Waals surface area (Å²) in [7, 11) is 0. The van der Waals surface area contributed by atoms with Gasteiger partial charge in [-0.25, -0.2) is 4.39 Å². The standard InChI is InChI=1S/C20H27FN2O3/c1-3-15(4-2)19(25)22-11-5-10-20(13-22)14-23(18(24)12-26-20)17-8-6-16(21)7-9-17/h6-9,15H,3-5,10-14H2,1-2H3. The van der Waals surface area contributed by atoms with E-state index in [9.17, 15) is 14.0 Å². The van der Waals surface area contributed by atoms with Crippen LogP contribution in [0.15, 0.2) is 24.3 Å². The number of hydrogen-bond donors (Lipinski definition) is 0. The fourth-order valence-electron chi connectivity index (χ4n) is 4.00. The number of nitrogens with zero attached hydrogens (tertiary/aromatic N) is 2. The van der Waals surface area contributed by atoms with Gasteiger partial charge in [-0.05, 0) is 49.9 Å². The monoisotopic (exact) mass is 362 g/mol. The Balaban J connectivity index is 1.77. The van der Waals surface area contributed by atoms with Gasteiger partial charge < -0.3 is 14.5 Å². The summed E-state index contributed by atoms with van der Waals surface area (Å²) >= 11 is 0. The smallest absolute Gasteiger partial charge is 0.253 e. The number of benzene rings is 1. The quantitative estimate of drug-likeness (QED) is 0.827. The highest BCUT2D eigenvalue weighted by atomic mass is 19.1. The van der Waals surface area contributed by atoms with Crippen LogP contribution in [0.5, 0.6) is 0 Å². The average Bonchev–Trinajstić information content (AvgIpc) is 2.66. The zero-order chi connectivity index (χ0) is 18.7. The van der Waals surface area contributed by atoms with Crippen molar-refractivity contribution >= 4 is 17.5 Å². The van der Waals surface area contributed by atoms with Gasteiger partial charge >= 0.3 is 0 Å². The summed E-state index contributed by atoms with van der Waals surface area (Å²) in [4.78, 5) is 28.7. The van der Waals surface area contributed by atoms with E-state index in [4.69, 9.17) is 4.74 Å². The van der Waals surface area contributed by atoms with Crippen LogP contribution in [0, 0.1) is 11.7 Å². The van der Waals surface area contributed by atoms with E-state index < -0.39 is 5.60 Å². The van der Waals surface area contributed by atoms with Crippen LogP contribution in [-0.4, -0.2) is 48.6 Å². The zero-order valence-corrected chi connectivity index (χ0v) is 15.5. The Morgan fingerprint density at radius 2 is 1.92 bits per heavy atom. The molecule has 1 unspecified atom stereocenters. The van der Waals surface area contributed by atoms with Crippen molar-refractivity contribution in [1.82, 2.24) is 4.90 Å². The summed E-state index contributed by atoms with van der Waals surface area (Å²) in [6, 6.07) is 5.94. The van der Waals surface area contributed by atoms with Gasteiger partial charge in [0.2, 0.25) is 5.91 Å². The lowest BCUT2D eigenvalue weighted by molar-refractivity contribution is -0.155. The largest absolute Gasteiger partial charge is 0.361 e. The summed E-state index contributed by atoms with van der Waals surface area (Å²) in [5, 5.41) is 0. The van der Waals surface area contributed by atoms with Gasteiger partial charge in [-0.1, -0.05) is 13.8 Å². The molecule has 1 atom stereocenters. The number of amides is 2. The minimum Gasteiger partial charge on any atom is -0.361 e. The van der Waals surface area contributed by atoms with Crippen LogP contribution in [-0.2, 0) is 14.3 Å². The van der Waals surface area contributed by atoms with E-state index in [0.717, 1.165) is 32.2 Å². The highest BCUT2D eigenvalue weighted by Gasteiger charge is 2.44. The summed E-state index contributed by atoms with van der Waals surface area (Å²) in [6.07, 6.45) is 3.34. The first-order valence-corrected chi connectivity index (χ1v) is 9.46. The second-order valence-corrected chi connectivity index (χ2v) is 7.30. The lowest BCUT2D eigenvalue weighted by atomic mass is 9.89. The van der Waals surface area contributed by atoms with E-state index in [1.54, 1.807) is 17.0 Å².